The highest BCUT2D eigenvalue weighted by atomic mass is 16.5. The number of ether oxygens (including phenoxy) is 1. The van der Waals surface area contributed by atoms with Crippen molar-refractivity contribution in [2.24, 2.45) is 0 Å². The van der Waals surface area contributed by atoms with Crippen molar-refractivity contribution >= 4 is 5.95 Å². The highest BCUT2D eigenvalue weighted by Crippen LogP contribution is 2.42. The van der Waals surface area contributed by atoms with E-state index in [1.165, 1.54) is 12.0 Å². The Morgan fingerprint density at radius 2 is 2.20 bits per heavy atom. The van der Waals surface area contributed by atoms with Gasteiger partial charge in [-0.2, -0.15) is 0 Å². The van der Waals surface area contributed by atoms with Gasteiger partial charge in [0.2, 0.25) is 5.95 Å². The predicted molar refractivity (Wildman–Crippen MR) is 80.0 cm³/mol. The zero-order valence-corrected chi connectivity index (χ0v) is 12.0. The number of benzene rings is 1. The van der Waals surface area contributed by atoms with Gasteiger partial charge in [-0.05, 0) is 18.9 Å². The van der Waals surface area contributed by atoms with E-state index in [-0.39, 0.29) is 0 Å². The number of anilines is 1. The molecule has 0 spiro atoms. The van der Waals surface area contributed by atoms with Gasteiger partial charge in [0.15, 0.2) is 0 Å². The highest BCUT2D eigenvalue weighted by Gasteiger charge is 2.39. The van der Waals surface area contributed by atoms with E-state index in [4.69, 9.17) is 4.74 Å². The summed E-state index contributed by atoms with van der Waals surface area (Å²) in [6.45, 7) is 2.83. The Labute approximate surface area is 119 Å². The minimum absolute atomic E-state index is 0.291. The second-order valence-electron chi connectivity index (χ2n) is 5.47. The van der Waals surface area contributed by atoms with Crippen molar-refractivity contribution in [3.8, 4) is 0 Å². The number of nitrogens with zero attached hydrogens (tertiary/aromatic N) is 2. The van der Waals surface area contributed by atoms with Crippen LogP contribution in [0, 0.1) is 0 Å². The van der Waals surface area contributed by atoms with Gasteiger partial charge in [0.1, 0.15) is 0 Å². The third-order valence-electron chi connectivity index (χ3n) is 3.88. The molecule has 106 valence electrons. The molecule has 4 nitrogen and oxygen atoms in total. The van der Waals surface area contributed by atoms with E-state index in [9.17, 15) is 0 Å². The van der Waals surface area contributed by atoms with Gasteiger partial charge < -0.3 is 14.6 Å². The van der Waals surface area contributed by atoms with Gasteiger partial charge in [0.25, 0.3) is 0 Å². The molecule has 0 radical (unpaired) electrons. The van der Waals surface area contributed by atoms with Crippen LogP contribution >= 0.6 is 0 Å². The van der Waals surface area contributed by atoms with Crippen LogP contribution in [-0.4, -0.2) is 29.3 Å². The first kappa shape index (κ1) is 13.2. The SMILES string of the molecule is COCC(C)n1ccnc1NC1CC1c1ccccc1. The number of rotatable bonds is 6. The lowest BCUT2D eigenvalue weighted by molar-refractivity contribution is 0.163. The molecule has 1 fully saturated rings. The molecule has 20 heavy (non-hydrogen) atoms. The molecule has 0 amide bonds. The molecule has 0 bridgehead atoms. The lowest BCUT2D eigenvalue weighted by Gasteiger charge is -2.16. The van der Waals surface area contributed by atoms with Crippen LogP contribution in [0.5, 0.6) is 0 Å². The molecule has 1 saturated carbocycles. The summed E-state index contributed by atoms with van der Waals surface area (Å²) in [6, 6.07) is 11.5. The first-order valence-corrected chi connectivity index (χ1v) is 7.13. The van der Waals surface area contributed by atoms with E-state index >= 15 is 0 Å². The van der Waals surface area contributed by atoms with Gasteiger partial charge in [-0.25, -0.2) is 4.98 Å². The molecule has 0 aliphatic heterocycles. The summed E-state index contributed by atoms with van der Waals surface area (Å²) in [4.78, 5) is 4.42. The van der Waals surface area contributed by atoms with E-state index in [1.54, 1.807) is 7.11 Å². The van der Waals surface area contributed by atoms with Gasteiger partial charge in [0, 0.05) is 31.5 Å². The summed E-state index contributed by atoms with van der Waals surface area (Å²) in [5, 5.41) is 3.55. The van der Waals surface area contributed by atoms with Gasteiger partial charge >= 0.3 is 0 Å². The molecule has 1 N–H and O–H groups in total. The molecule has 3 unspecified atom stereocenters. The first-order valence-electron chi connectivity index (χ1n) is 7.13. The van der Waals surface area contributed by atoms with Crippen molar-refractivity contribution in [1.29, 1.82) is 0 Å². The van der Waals surface area contributed by atoms with Crippen molar-refractivity contribution in [2.75, 3.05) is 19.0 Å². The number of imidazole rings is 1. The molecule has 1 aliphatic carbocycles. The molecule has 1 aromatic carbocycles. The number of methoxy groups -OCH3 is 1. The molecule has 1 aromatic heterocycles. The number of hydrogen-bond donors (Lipinski definition) is 1. The standard InChI is InChI=1S/C16H21N3O/c1-12(11-20-2)19-9-8-17-16(19)18-15-10-14(15)13-6-4-3-5-7-13/h3-9,12,14-15H,10-11H2,1-2H3,(H,17,18). The fourth-order valence-electron chi connectivity index (χ4n) is 2.69. The monoisotopic (exact) mass is 271 g/mol. The third kappa shape index (κ3) is 2.70. The maximum absolute atomic E-state index is 5.22. The first-order chi connectivity index (χ1) is 9.79. The zero-order chi connectivity index (χ0) is 13.9. The molecule has 1 aliphatic rings. The van der Waals surface area contributed by atoms with Crippen LogP contribution in [0.1, 0.15) is 30.9 Å². The number of aromatic nitrogens is 2. The van der Waals surface area contributed by atoms with Crippen molar-refractivity contribution in [1.82, 2.24) is 9.55 Å². The summed E-state index contributed by atoms with van der Waals surface area (Å²) < 4.78 is 7.36. The molecule has 3 atom stereocenters. The Morgan fingerprint density at radius 1 is 1.40 bits per heavy atom. The molecular formula is C16H21N3O. The maximum Gasteiger partial charge on any atom is 0.203 e. The van der Waals surface area contributed by atoms with Crippen molar-refractivity contribution in [3.05, 3.63) is 48.3 Å². The van der Waals surface area contributed by atoms with Gasteiger partial charge in [-0.15, -0.1) is 0 Å². The number of nitrogens with one attached hydrogen (secondary N) is 1. The van der Waals surface area contributed by atoms with E-state index in [1.807, 2.05) is 12.4 Å². The normalized spacial score (nSPS) is 22.5. The fraction of sp³-hybridized carbons (Fsp3) is 0.438. The largest absolute Gasteiger partial charge is 0.383 e. The third-order valence-corrected chi connectivity index (χ3v) is 3.88. The summed E-state index contributed by atoms with van der Waals surface area (Å²) >= 11 is 0. The Hall–Kier alpha value is -1.81. The second kappa shape index (κ2) is 5.67. The Bertz CT molecular complexity index is 552. The van der Waals surface area contributed by atoms with Crippen molar-refractivity contribution in [3.63, 3.8) is 0 Å². The Morgan fingerprint density at radius 3 is 2.95 bits per heavy atom. The van der Waals surface area contributed by atoms with E-state index in [0.29, 0.717) is 24.6 Å². The second-order valence-corrected chi connectivity index (χ2v) is 5.47. The Kier molecular flexibility index (Phi) is 3.74. The molecular weight excluding hydrogens is 250 g/mol. The van der Waals surface area contributed by atoms with E-state index in [2.05, 4.69) is 52.1 Å². The summed E-state index contributed by atoms with van der Waals surface area (Å²) in [5.41, 5.74) is 1.41. The van der Waals surface area contributed by atoms with Crippen molar-refractivity contribution in [2.45, 2.75) is 31.3 Å². The minimum Gasteiger partial charge on any atom is -0.383 e. The molecule has 0 saturated heterocycles. The van der Waals surface area contributed by atoms with Gasteiger partial charge in [-0.3, -0.25) is 0 Å². The van der Waals surface area contributed by atoms with E-state index in [0.717, 1.165) is 5.95 Å². The topological polar surface area (TPSA) is 39.1 Å². The smallest absolute Gasteiger partial charge is 0.203 e. The van der Waals surface area contributed by atoms with Gasteiger partial charge in [-0.1, -0.05) is 30.3 Å². The Balaban J connectivity index is 1.64. The fourth-order valence-corrected chi connectivity index (χ4v) is 2.69. The lowest BCUT2D eigenvalue weighted by atomic mass is 10.1. The average molecular weight is 271 g/mol. The van der Waals surface area contributed by atoms with Crippen LogP contribution in [-0.2, 0) is 4.74 Å². The van der Waals surface area contributed by atoms with Crippen LogP contribution in [0.25, 0.3) is 0 Å². The molecule has 3 rings (SSSR count). The highest BCUT2D eigenvalue weighted by molar-refractivity contribution is 5.38. The minimum atomic E-state index is 0.291. The molecule has 4 heteroatoms. The molecule has 2 aromatic rings. The van der Waals surface area contributed by atoms with Crippen LogP contribution in [0.2, 0.25) is 0 Å². The number of hydrogen-bond acceptors (Lipinski definition) is 3. The maximum atomic E-state index is 5.22. The summed E-state index contributed by atoms with van der Waals surface area (Å²) in [5.74, 6) is 1.55. The van der Waals surface area contributed by atoms with Crippen LogP contribution in [0.15, 0.2) is 42.7 Å². The predicted octanol–water partition coefficient (Wildman–Crippen LogP) is 3.06. The summed E-state index contributed by atoms with van der Waals surface area (Å²) in [6.07, 6.45) is 5.02. The van der Waals surface area contributed by atoms with Crippen molar-refractivity contribution < 1.29 is 4.74 Å². The summed E-state index contributed by atoms with van der Waals surface area (Å²) in [7, 11) is 1.73. The van der Waals surface area contributed by atoms with E-state index < -0.39 is 0 Å². The molecule has 1 heterocycles. The van der Waals surface area contributed by atoms with Crippen LogP contribution in [0.3, 0.4) is 0 Å². The van der Waals surface area contributed by atoms with Crippen LogP contribution in [0.4, 0.5) is 5.95 Å². The van der Waals surface area contributed by atoms with Gasteiger partial charge in [0.05, 0.1) is 12.6 Å². The zero-order valence-electron chi connectivity index (χ0n) is 12.0. The lowest BCUT2D eigenvalue weighted by Crippen LogP contribution is -2.16. The van der Waals surface area contributed by atoms with Crippen LogP contribution < -0.4 is 5.32 Å². The average Bonchev–Trinajstić information content (AvgIpc) is 3.07. The quantitative estimate of drug-likeness (QED) is 0.877.